The Bertz CT molecular complexity index is 339. The second kappa shape index (κ2) is 4.41. The van der Waals surface area contributed by atoms with Gasteiger partial charge in [-0.25, -0.2) is 0 Å². The fraction of sp³-hybridized carbons (Fsp3) is 0.462. The first-order chi connectivity index (χ1) is 6.56. The van der Waals surface area contributed by atoms with Gasteiger partial charge in [0.25, 0.3) is 0 Å². The Hall–Kier alpha value is -1.11. The molecule has 0 amide bonds. The van der Waals surface area contributed by atoms with Gasteiger partial charge in [-0.05, 0) is 37.3 Å². The van der Waals surface area contributed by atoms with Crippen molar-refractivity contribution < 1.29 is 4.79 Å². The summed E-state index contributed by atoms with van der Waals surface area (Å²) in [5.74, 6) is 0.730. The summed E-state index contributed by atoms with van der Waals surface area (Å²) in [6.45, 7) is 8.01. The van der Waals surface area contributed by atoms with Gasteiger partial charge >= 0.3 is 0 Å². The molecule has 1 aromatic rings. The van der Waals surface area contributed by atoms with Gasteiger partial charge in [-0.2, -0.15) is 0 Å². The minimum Gasteiger partial charge on any atom is -0.295 e. The fourth-order valence-electron chi connectivity index (χ4n) is 1.62. The first kappa shape index (κ1) is 11.0. The first-order valence-corrected chi connectivity index (χ1v) is 5.17. The summed E-state index contributed by atoms with van der Waals surface area (Å²) < 4.78 is 0. The van der Waals surface area contributed by atoms with Gasteiger partial charge in [-0.1, -0.05) is 32.0 Å². The number of aryl methyl sites for hydroxylation is 1. The third kappa shape index (κ3) is 2.22. The predicted octanol–water partition coefficient (Wildman–Crippen LogP) is 3.71. The number of hydrogen-bond acceptors (Lipinski definition) is 1. The Morgan fingerprint density at radius 1 is 1.43 bits per heavy atom. The van der Waals surface area contributed by atoms with Gasteiger partial charge in [0.15, 0.2) is 5.78 Å². The van der Waals surface area contributed by atoms with E-state index in [0.29, 0.717) is 5.92 Å². The number of rotatable bonds is 3. The molecule has 0 radical (unpaired) electrons. The smallest absolute Gasteiger partial charge is 0.160 e. The quantitative estimate of drug-likeness (QED) is 0.664. The lowest BCUT2D eigenvalue weighted by atomic mass is 9.94. The molecule has 1 atom stereocenters. The van der Waals surface area contributed by atoms with Crippen molar-refractivity contribution >= 4 is 5.78 Å². The van der Waals surface area contributed by atoms with Crippen LogP contribution in [0.25, 0.3) is 0 Å². The van der Waals surface area contributed by atoms with Crippen molar-refractivity contribution in [3.63, 3.8) is 0 Å². The van der Waals surface area contributed by atoms with E-state index < -0.39 is 0 Å². The zero-order valence-electron chi connectivity index (χ0n) is 9.42. The molecular formula is C13H18O. The van der Waals surface area contributed by atoms with E-state index >= 15 is 0 Å². The number of benzene rings is 1. The summed E-state index contributed by atoms with van der Waals surface area (Å²) in [5.41, 5.74) is 3.27. The van der Waals surface area contributed by atoms with Crippen LogP contribution < -0.4 is 0 Å². The minimum atomic E-state index is 0.151. The number of hydrogen-bond donors (Lipinski definition) is 0. The molecule has 0 fully saturated rings. The summed E-state index contributed by atoms with van der Waals surface area (Å²) in [6.07, 6.45) is 1.14. The average Bonchev–Trinajstić information content (AvgIpc) is 2.15. The van der Waals surface area contributed by atoms with Crippen LogP contribution in [0.5, 0.6) is 0 Å². The highest BCUT2D eigenvalue weighted by Gasteiger charge is 2.07. The van der Waals surface area contributed by atoms with E-state index in [1.165, 1.54) is 5.56 Å². The van der Waals surface area contributed by atoms with Crippen molar-refractivity contribution in [2.75, 3.05) is 0 Å². The summed E-state index contributed by atoms with van der Waals surface area (Å²) in [4.78, 5) is 11.2. The Labute approximate surface area is 86.1 Å². The molecule has 0 N–H and O–H groups in total. The molecular weight excluding hydrogens is 172 g/mol. The molecule has 1 unspecified atom stereocenters. The Morgan fingerprint density at radius 3 is 2.50 bits per heavy atom. The zero-order valence-corrected chi connectivity index (χ0v) is 9.42. The maximum absolute atomic E-state index is 11.2. The first-order valence-electron chi connectivity index (χ1n) is 5.17. The van der Waals surface area contributed by atoms with Crippen molar-refractivity contribution in [1.29, 1.82) is 0 Å². The molecule has 0 saturated carbocycles. The van der Waals surface area contributed by atoms with Gasteiger partial charge in [0, 0.05) is 5.56 Å². The van der Waals surface area contributed by atoms with Crippen molar-refractivity contribution in [1.82, 2.24) is 0 Å². The van der Waals surface area contributed by atoms with Gasteiger partial charge in [0.2, 0.25) is 0 Å². The number of ketones is 1. The van der Waals surface area contributed by atoms with E-state index in [4.69, 9.17) is 0 Å². The Balaban J connectivity index is 3.06. The van der Waals surface area contributed by atoms with Crippen LogP contribution in [0.1, 0.15) is 54.6 Å². The predicted molar refractivity (Wildman–Crippen MR) is 59.9 cm³/mol. The lowest BCUT2D eigenvalue weighted by Crippen LogP contribution is -1.99. The van der Waals surface area contributed by atoms with Crippen LogP contribution in [0.2, 0.25) is 0 Å². The molecule has 0 spiro atoms. The maximum Gasteiger partial charge on any atom is 0.160 e. The van der Waals surface area contributed by atoms with Gasteiger partial charge in [-0.3, -0.25) is 4.79 Å². The second-order valence-electron chi connectivity index (χ2n) is 3.94. The molecule has 0 aliphatic rings. The van der Waals surface area contributed by atoms with Crippen molar-refractivity contribution in [3.05, 3.63) is 34.9 Å². The molecule has 14 heavy (non-hydrogen) atoms. The number of carbonyl (C=O) groups excluding carboxylic acids is 1. The average molecular weight is 190 g/mol. The summed E-state index contributed by atoms with van der Waals surface area (Å²) in [7, 11) is 0. The Kier molecular flexibility index (Phi) is 3.45. The van der Waals surface area contributed by atoms with E-state index in [1.807, 2.05) is 13.0 Å². The van der Waals surface area contributed by atoms with E-state index in [9.17, 15) is 4.79 Å². The minimum absolute atomic E-state index is 0.151. The second-order valence-corrected chi connectivity index (χ2v) is 3.94. The van der Waals surface area contributed by atoms with Crippen LogP contribution in [0.3, 0.4) is 0 Å². The molecule has 1 nitrogen and oxygen atoms in total. The van der Waals surface area contributed by atoms with Gasteiger partial charge in [-0.15, -0.1) is 0 Å². The van der Waals surface area contributed by atoms with E-state index in [0.717, 1.165) is 17.5 Å². The van der Waals surface area contributed by atoms with Gasteiger partial charge < -0.3 is 0 Å². The molecule has 0 aliphatic carbocycles. The van der Waals surface area contributed by atoms with Crippen LogP contribution in [0, 0.1) is 6.92 Å². The van der Waals surface area contributed by atoms with Crippen LogP contribution >= 0.6 is 0 Å². The zero-order chi connectivity index (χ0) is 10.7. The maximum atomic E-state index is 11.2. The van der Waals surface area contributed by atoms with Gasteiger partial charge in [0.05, 0.1) is 0 Å². The Morgan fingerprint density at radius 2 is 2.07 bits per heavy atom. The third-order valence-electron chi connectivity index (χ3n) is 2.81. The van der Waals surface area contributed by atoms with E-state index in [-0.39, 0.29) is 5.78 Å². The van der Waals surface area contributed by atoms with Crippen molar-refractivity contribution in [3.8, 4) is 0 Å². The summed E-state index contributed by atoms with van der Waals surface area (Å²) >= 11 is 0. The summed E-state index contributed by atoms with van der Waals surface area (Å²) in [6, 6.07) is 6.14. The largest absolute Gasteiger partial charge is 0.295 e. The third-order valence-corrected chi connectivity index (χ3v) is 2.81. The van der Waals surface area contributed by atoms with E-state index in [1.54, 1.807) is 6.92 Å². The molecule has 0 saturated heterocycles. The topological polar surface area (TPSA) is 17.1 Å². The molecule has 0 bridgehead atoms. The van der Waals surface area contributed by atoms with Crippen LogP contribution in [-0.4, -0.2) is 5.78 Å². The van der Waals surface area contributed by atoms with Gasteiger partial charge in [0.1, 0.15) is 0 Å². The van der Waals surface area contributed by atoms with Crippen molar-refractivity contribution in [2.45, 2.75) is 40.0 Å². The molecule has 76 valence electrons. The molecule has 1 aromatic carbocycles. The molecule has 0 aliphatic heterocycles. The molecule has 1 rings (SSSR count). The molecule has 0 aromatic heterocycles. The highest BCUT2D eigenvalue weighted by Crippen LogP contribution is 2.21. The SMILES string of the molecule is CCC(C)c1ccc(C(C)=O)c(C)c1. The fourth-order valence-corrected chi connectivity index (χ4v) is 1.62. The highest BCUT2D eigenvalue weighted by molar-refractivity contribution is 5.95. The molecule has 1 heteroatoms. The summed E-state index contributed by atoms with van der Waals surface area (Å²) in [5, 5.41) is 0. The number of Topliss-reactive ketones (excluding diaryl/α,β-unsaturated/α-hetero) is 1. The van der Waals surface area contributed by atoms with Crippen molar-refractivity contribution in [2.24, 2.45) is 0 Å². The highest BCUT2D eigenvalue weighted by atomic mass is 16.1. The van der Waals surface area contributed by atoms with Crippen LogP contribution in [0.15, 0.2) is 18.2 Å². The number of carbonyl (C=O) groups is 1. The lowest BCUT2D eigenvalue weighted by molar-refractivity contribution is 0.101. The lowest BCUT2D eigenvalue weighted by Gasteiger charge is -2.11. The normalized spacial score (nSPS) is 12.6. The monoisotopic (exact) mass is 190 g/mol. The van der Waals surface area contributed by atoms with E-state index in [2.05, 4.69) is 26.0 Å². The molecule has 0 heterocycles. The standard InChI is InChI=1S/C13H18O/c1-5-9(2)12-6-7-13(11(4)14)10(3)8-12/h6-9H,5H2,1-4H3. The van der Waals surface area contributed by atoms with Crippen LogP contribution in [-0.2, 0) is 0 Å². The van der Waals surface area contributed by atoms with Crippen LogP contribution in [0.4, 0.5) is 0 Å².